The van der Waals surface area contributed by atoms with Crippen LogP contribution in [0.1, 0.15) is 23.6 Å². The molecule has 0 saturated carbocycles. The molecule has 94 valence electrons. The summed E-state index contributed by atoms with van der Waals surface area (Å²) in [6.45, 7) is 4.75. The quantitative estimate of drug-likeness (QED) is 0.831. The summed E-state index contributed by atoms with van der Waals surface area (Å²) >= 11 is 0. The normalized spacial score (nSPS) is 22.4. The van der Waals surface area contributed by atoms with E-state index in [1.165, 1.54) is 11.1 Å². The SMILES string of the molecule is CNC(CC1COCCN1)c1ccc(C)cc1. The minimum absolute atomic E-state index is 0.398. The number of rotatable bonds is 4. The minimum Gasteiger partial charge on any atom is -0.379 e. The number of benzene rings is 1. The lowest BCUT2D eigenvalue weighted by Crippen LogP contribution is -2.43. The molecule has 1 aromatic rings. The highest BCUT2D eigenvalue weighted by molar-refractivity contribution is 5.24. The van der Waals surface area contributed by atoms with Gasteiger partial charge in [0.25, 0.3) is 0 Å². The Balaban J connectivity index is 1.97. The molecule has 3 nitrogen and oxygen atoms in total. The van der Waals surface area contributed by atoms with Crippen LogP contribution in [0.25, 0.3) is 0 Å². The van der Waals surface area contributed by atoms with Crippen LogP contribution in [-0.2, 0) is 4.74 Å². The van der Waals surface area contributed by atoms with Gasteiger partial charge in [0.1, 0.15) is 0 Å². The van der Waals surface area contributed by atoms with Gasteiger partial charge in [0, 0.05) is 18.6 Å². The van der Waals surface area contributed by atoms with E-state index in [-0.39, 0.29) is 0 Å². The molecule has 1 aliphatic rings. The summed E-state index contributed by atoms with van der Waals surface area (Å²) in [4.78, 5) is 0. The molecule has 0 aliphatic carbocycles. The van der Waals surface area contributed by atoms with Gasteiger partial charge in [-0.05, 0) is 26.0 Å². The van der Waals surface area contributed by atoms with E-state index in [0.29, 0.717) is 12.1 Å². The Morgan fingerprint density at radius 1 is 1.41 bits per heavy atom. The van der Waals surface area contributed by atoms with Crippen molar-refractivity contribution in [1.29, 1.82) is 0 Å². The summed E-state index contributed by atoms with van der Waals surface area (Å²) in [6.07, 6.45) is 1.07. The van der Waals surface area contributed by atoms with Gasteiger partial charge in [-0.15, -0.1) is 0 Å². The molecule has 2 atom stereocenters. The maximum Gasteiger partial charge on any atom is 0.0620 e. The molecule has 1 aromatic carbocycles. The first-order chi connectivity index (χ1) is 8.29. The van der Waals surface area contributed by atoms with Gasteiger partial charge in [0.05, 0.1) is 13.2 Å². The second kappa shape index (κ2) is 6.15. The second-order valence-corrected chi connectivity index (χ2v) is 4.71. The van der Waals surface area contributed by atoms with Crippen LogP contribution in [-0.4, -0.2) is 32.8 Å². The van der Waals surface area contributed by atoms with E-state index in [9.17, 15) is 0 Å². The van der Waals surface area contributed by atoms with Gasteiger partial charge in [-0.3, -0.25) is 0 Å². The van der Waals surface area contributed by atoms with Crippen LogP contribution in [0.4, 0.5) is 0 Å². The van der Waals surface area contributed by atoms with Crippen LogP contribution in [0.3, 0.4) is 0 Å². The number of ether oxygens (including phenoxy) is 1. The summed E-state index contributed by atoms with van der Waals surface area (Å²) in [7, 11) is 2.02. The largest absolute Gasteiger partial charge is 0.379 e. The first kappa shape index (κ1) is 12.6. The number of hydrogen-bond acceptors (Lipinski definition) is 3. The van der Waals surface area contributed by atoms with E-state index in [4.69, 9.17) is 4.74 Å². The molecular formula is C14H22N2O. The van der Waals surface area contributed by atoms with Crippen molar-refractivity contribution >= 4 is 0 Å². The van der Waals surface area contributed by atoms with Crippen molar-refractivity contribution in [3.63, 3.8) is 0 Å². The van der Waals surface area contributed by atoms with Gasteiger partial charge in [0.2, 0.25) is 0 Å². The van der Waals surface area contributed by atoms with Crippen molar-refractivity contribution in [3.05, 3.63) is 35.4 Å². The molecule has 0 aromatic heterocycles. The van der Waals surface area contributed by atoms with Crippen molar-refractivity contribution in [2.24, 2.45) is 0 Å². The molecule has 1 heterocycles. The Hall–Kier alpha value is -0.900. The van der Waals surface area contributed by atoms with Crippen molar-refractivity contribution < 1.29 is 4.74 Å². The molecule has 1 fully saturated rings. The maximum absolute atomic E-state index is 5.49. The molecule has 17 heavy (non-hydrogen) atoms. The molecule has 0 radical (unpaired) electrons. The van der Waals surface area contributed by atoms with Crippen LogP contribution in [0.15, 0.2) is 24.3 Å². The molecule has 2 unspecified atom stereocenters. The minimum atomic E-state index is 0.398. The third kappa shape index (κ3) is 3.53. The molecular weight excluding hydrogens is 212 g/mol. The molecule has 0 bridgehead atoms. The average Bonchev–Trinajstić information content (AvgIpc) is 2.38. The van der Waals surface area contributed by atoms with Crippen molar-refractivity contribution in [1.82, 2.24) is 10.6 Å². The fourth-order valence-corrected chi connectivity index (χ4v) is 2.27. The Bertz CT molecular complexity index is 331. The lowest BCUT2D eigenvalue weighted by Gasteiger charge is -2.28. The highest BCUT2D eigenvalue weighted by atomic mass is 16.5. The summed E-state index contributed by atoms with van der Waals surface area (Å²) in [5, 5.41) is 6.89. The molecule has 2 N–H and O–H groups in total. The molecule has 2 rings (SSSR count). The lowest BCUT2D eigenvalue weighted by atomic mass is 9.98. The standard InChI is InChI=1S/C14H22N2O/c1-11-3-5-12(6-4-11)14(15-2)9-13-10-17-8-7-16-13/h3-6,13-16H,7-10H2,1-2H3. The van der Waals surface area contributed by atoms with Gasteiger partial charge >= 0.3 is 0 Å². The predicted molar refractivity (Wildman–Crippen MR) is 70.2 cm³/mol. The first-order valence-electron chi connectivity index (χ1n) is 6.34. The maximum atomic E-state index is 5.49. The van der Waals surface area contributed by atoms with Crippen LogP contribution in [0.5, 0.6) is 0 Å². The monoisotopic (exact) mass is 234 g/mol. The molecule has 3 heteroatoms. The molecule has 0 amide bonds. The fraction of sp³-hybridized carbons (Fsp3) is 0.571. The number of morpholine rings is 1. The lowest BCUT2D eigenvalue weighted by molar-refractivity contribution is 0.0708. The summed E-state index contributed by atoms with van der Waals surface area (Å²) in [5.41, 5.74) is 2.66. The average molecular weight is 234 g/mol. The van der Waals surface area contributed by atoms with Crippen molar-refractivity contribution in [2.75, 3.05) is 26.8 Å². The first-order valence-corrected chi connectivity index (χ1v) is 6.34. The molecule has 0 spiro atoms. The zero-order valence-electron chi connectivity index (χ0n) is 10.7. The van der Waals surface area contributed by atoms with Crippen LogP contribution in [0.2, 0.25) is 0 Å². The number of aryl methyl sites for hydroxylation is 1. The number of hydrogen-bond donors (Lipinski definition) is 2. The predicted octanol–water partition coefficient (Wildman–Crippen LogP) is 1.63. The van der Waals surface area contributed by atoms with Crippen molar-refractivity contribution in [2.45, 2.75) is 25.4 Å². The number of nitrogens with one attached hydrogen (secondary N) is 2. The van der Waals surface area contributed by atoms with Gasteiger partial charge < -0.3 is 15.4 Å². The Morgan fingerprint density at radius 3 is 2.76 bits per heavy atom. The molecule has 1 aliphatic heterocycles. The van der Waals surface area contributed by atoms with Gasteiger partial charge in [-0.2, -0.15) is 0 Å². The Kier molecular flexibility index (Phi) is 4.54. The fourth-order valence-electron chi connectivity index (χ4n) is 2.27. The van der Waals surface area contributed by atoms with E-state index in [1.54, 1.807) is 0 Å². The third-order valence-corrected chi connectivity index (χ3v) is 3.35. The van der Waals surface area contributed by atoms with E-state index in [1.807, 2.05) is 7.05 Å². The van der Waals surface area contributed by atoms with Gasteiger partial charge in [0.15, 0.2) is 0 Å². The van der Waals surface area contributed by atoms with E-state index < -0.39 is 0 Å². The Labute approximate surface area is 104 Å². The highest BCUT2D eigenvalue weighted by Gasteiger charge is 2.18. The van der Waals surface area contributed by atoms with Crippen LogP contribution in [0, 0.1) is 6.92 Å². The van der Waals surface area contributed by atoms with Crippen LogP contribution >= 0.6 is 0 Å². The molecule has 1 saturated heterocycles. The Morgan fingerprint density at radius 2 is 2.18 bits per heavy atom. The van der Waals surface area contributed by atoms with Gasteiger partial charge in [-0.1, -0.05) is 29.8 Å². The summed E-state index contributed by atoms with van der Waals surface area (Å²) in [6, 6.07) is 9.62. The van der Waals surface area contributed by atoms with E-state index in [2.05, 4.69) is 41.8 Å². The zero-order valence-corrected chi connectivity index (χ0v) is 10.7. The summed E-state index contributed by atoms with van der Waals surface area (Å²) in [5.74, 6) is 0. The topological polar surface area (TPSA) is 33.3 Å². The smallest absolute Gasteiger partial charge is 0.0620 e. The van der Waals surface area contributed by atoms with E-state index >= 15 is 0 Å². The van der Waals surface area contributed by atoms with Gasteiger partial charge in [-0.25, -0.2) is 0 Å². The zero-order chi connectivity index (χ0) is 12.1. The van der Waals surface area contributed by atoms with E-state index in [0.717, 1.165) is 26.2 Å². The highest BCUT2D eigenvalue weighted by Crippen LogP contribution is 2.19. The van der Waals surface area contributed by atoms with Crippen LogP contribution < -0.4 is 10.6 Å². The third-order valence-electron chi connectivity index (χ3n) is 3.35. The second-order valence-electron chi connectivity index (χ2n) is 4.71. The van der Waals surface area contributed by atoms with Crippen molar-refractivity contribution in [3.8, 4) is 0 Å². The summed E-state index contributed by atoms with van der Waals surface area (Å²) < 4.78 is 5.49.